The van der Waals surface area contributed by atoms with Gasteiger partial charge in [-0.25, -0.2) is 4.39 Å². The number of nitrogens with zero attached hydrogens (tertiary/aromatic N) is 1. The number of esters is 2. The molecule has 0 aromatic heterocycles. The average Bonchev–Trinajstić information content (AvgIpc) is 2.43. The summed E-state index contributed by atoms with van der Waals surface area (Å²) in [5, 5.41) is 9.73. The predicted molar refractivity (Wildman–Crippen MR) is 76.6 cm³/mol. The topological polar surface area (TPSA) is 76.1 Å². The van der Waals surface area contributed by atoms with Crippen LogP contribution in [0.25, 0.3) is 0 Å². The van der Waals surface area contributed by atoms with Crippen LogP contribution in [-0.2, 0) is 25.6 Å². The molecule has 6 nitrogen and oxygen atoms in total. The van der Waals surface area contributed by atoms with Gasteiger partial charge < -0.3 is 14.6 Å². The molecule has 0 atom stereocenters. The zero-order chi connectivity index (χ0) is 16.5. The highest BCUT2D eigenvalue weighted by molar-refractivity contribution is 5.75. The Morgan fingerprint density at radius 1 is 1.14 bits per heavy atom. The van der Waals surface area contributed by atoms with Crippen molar-refractivity contribution in [2.45, 2.75) is 20.4 Å². The third-order valence-electron chi connectivity index (χ3n) is 2.75. The van der Waals surface area contributed by atoms with Gasteiger partial charge in [0.1, 0.15) is 11.6 Å². The van der Waals surface area contributed by atoms with E-state index in [1.54, 1.807) is 13.8 Å². The normalized spacial score (nSPS) is 10.5. The van der Waals surface area contributed by atoms with Crippen LogP contribution < -0.4 is 0 Å². The minimum atomic E-state index is -0.514. The van der Waals surface area contributed by atoms with Crippen LogP contribution in [0.2, 0.25) is 0 Å². The Hall–Kier alpha value is -2.15. The third-order valence-corrected chi connectivity index (χ3v) is 2.75. The molecule has 0 radical (unpaired) electrons. The lowest BCUT2D eigenvalue weighted by Crippen LogP contribution is -2.35. The molecular weight excluding hydrogens is 293 g/mol. The van der Waals surface area contributed by atoms with Gasteiger partial charge in [0.25, 0.3) is 0 Å². The van der Waals surface area contributed by atoms with Crippen LogP contribution in [-0.4, -0.2) is 48.2 Å². The third kappa shape index (κ3) is 6.09. The van der Waals surface area contributed by atoms with Gasteiger partial charge in [-0.05, 0) is 32.0 Å². The zero-order valence-corrected chi connectivity index (χ0v) is 12.7. The molecule has 0 aliphatic rings. The van der Waals surface area contributed by atoms with E-state index >= 15 is 0 Å². The first-order chi connectivity index (χ1) is 10.5. The van der Waals surface area contributed by atoms with Gasteiger partial charge in [0.2, 0.25) is 0 Å². The van der Waals surface area contributed by atoms with Gasteiger partial charge in [0.15, 0.2) is 0 Å². The van der Waals surface area contributed by atoms with Crippen molar-refractivity contribution in [1.29, 1.82) is 0 Å². The largest absolute Gasteiger partial charge is 0.508 e. The molecule has 0 aliphatic carbocycles. The lowest BCUT2D eigenvalue weighted by Gasteiger charge is -2.20. The summed E-state index contributed by atoms with van der Waals surface area (Å²) in [6.07, 6.45) is 0. The van der Waals surface area contributed by atoms with E-state index in [0.29, 0.717) is 0 Å². The molecule has 1 N–H and O–H groups in total. The summed E-state index contributed by atoms with van der Waals surface area (Å²) in [4.78, 5) is 24.6. The first-order valence-corrected chi connectivity index (χ1v) is 6.97. The quantitative estimate of drug-likeness (QED) is 0.732. The van der Waals surface area contributed by atoms with Crippen LogP contribution in [0, 0.1) is 5.82 Å². The molecule has 0 saturated heterocycles. The van der Waals surface area contributed by atoms with Gasteiger partial charge >= 0.3 is 11.9 Å². The average molecular weight is 313 g/mol. The highest BCUT2D eigenvalue weighted by atomic mass is 19.1. The maximum atomic E-state index is 13.3. The van der Waals surface area contributed by atoms with Crippen LogP contribution in [0.15, 0.2) is 18.2 Å². The van der Waals surface area contributed by atoms with Crippen LogP contribution in [0.5, 0.6) is 5.75 Å². The Labute approximate surface area is 128 Å². The summed E-state index contributed by atoms with van der Waals surface area (Å²) < 4.78 is 22.9. The summed E-state index contributed by atoms with van der Waals surface area (Å²) in [6, 6.07) is 3.50. The number of halogens is 1. The van der Waals surface area contributed by atoms with E-state index in [-0.39, 0.29) is 44.2 Å². The van der Waals surface area contributed by atoms with Crippen molar-refractivity contribution in [1.82, 2.24) is 4.90 Å². The first kappa shape index (κ1) is 17.9. The van der Waals surface area contributed by atoms with Crippen molar-refractivity contribution in [2.75, 3.05) is 26.3 Å². The molecule has 0 fully saturated rings. The van der Waals surface area contributed by atoms with Gasteiger partial charge in [0, 0.05) is 12.1 Å². The second kappa shape index (κ2) is 8.99. The molecule has 0 heterocycles. The SMILES string of the molecule is CCOC(=O)CN(CC(=O)OCC)Cc1cc(F)ccc1O. The Bertz CT molecular complexity index is 501. The molecule has 0 saturated carbocycles. The highest BCUT2D eigenvalue weighted by Gasteiger charge is 2.18. The maximum Gasteiger partial charge on any atom is 0.320 e. The van der Waals surface area contributed by atoms with E-state index in [4.69, 9.17) is 9.47 Å². The Kier molecular flexibility index (Phi) is 7.31. The second-order valence-corrected chi connectivity index (χ2v) is 4.53. The van der Waals surface area contributed by atoms with E-state index in [1.807, 2.05) is 0 Å². The van der Waals surface area contributed by atoms with E-state index < -0.39 is 17.8 Å². The number of carbonyl (C=O) groups excluding carboxylic acids is 2. The number of aromatic hydroxyl groups is 1. The van der Waals surface area contributed by atoms with Crippen molar-refractivity contribution >= 4 is 11.9 Å². The molecule has 1 rings (SSSR count). The number of hydrogen-bond acceptors (Lipinski definition) is 6. The molecule has 122 valence electrons. The Morgan fingerprint density at radius 3 is 2.18 bits per heavy atom. The summed E-state index contributed by atoms with van der Waals surface area (Å²) >= 11 is 0. The molecule has 0 aliphatic heterocycles. The van der Waals surface area contributed by atoms with E-state index in [1.165, 1.54) is 11.0 Å². The minimum Gasteiger partial charge on any atom is -0.508 e. The summed E-state index contributed by atoms with van der Waals surface area (Å²) in [6.45, 7) is 3.47. The molecule has 22 heavy (non-hydrogen) atoms. The fourth-order valence-corrected chi connectivity index (χ4v) is 1.87. The number of rotatable bonds is 8. The highest BCUT2D eigenvalue weighted by Crippen LogP contribution is 2.19. The molecule has 1 aromatic carbocycles. The monoisotopic (exact) mass is 313 g/mol. The van der Waals surface area contributed by atoms with E-state index in [2.05, 4.69) is 0 Å². The number of carbonyl (C=O) groups is 2. The number of benzene rings is 1. The predicted octanol–water partition coefficient (Wildman–Crippen LogP) is 1.46. The van der Waals surface area contributed by atoms with Gasteiger partial charge in [-0.1, -0.05) is 0 Å². The van der Waals surface area contributed by atoms with Crippen molar-refractivity contribution in [2.24, 2.45) is 0 Å². The second-order valence-electron chi connectivity index (χ2n) is 4.53. The van der Waals surface area contributed by atoms with Crippen LogP contribution >= 0.6 is 0 Å². The lowest BCUT2D eigenvalue weighted by molar-refractivity contribution is -0.148. The minimum absolute atomic E-state index is 0.0151. The Morgan fingerprint density at radius 2 is 1.68 bits per heavy atom. The van der Waals surface area contributed by atoms with Crippen molar-refractivity contribution < 1.29 is 28.6 Å². The fourth-order valence-electron chi connectivity index (χ4n) is 1.87. The molecule has 0 bridgehead atoms. The van der Waals surface area contributed by atoms with Gasteiger partial charge in [-0.3, -0.25) is 14.5 Å². The van der Waals surface area contributed by atoms with Gasteiger partial charge in [0.05, 0.1) is 26.3 Å². The van der Waals surface area contributed by atoms with Crippen molar-refractivity contribution in [3.8, 4) is 5.75 Å². The Balaban J connectivity index is 2.81. The molecule has 7 heteroatoms. The van der Waals surface area contributed by atoms with E-state index in [0.717, 1.165) is 12.1 Å². The number of phenolic OH excluding ortho intramolecular Hbond substituents is 1. The lowest BCUT2D eigenvalue weighted by atomic mass is 10.2. The maximum absolute atomic E-state index is 13.3. The van der Waals surface area contributed by atoms with Crippen LogP contribution in [0.3, 0.4) is 0 Å². The fraction of sp³-hybridized carbons (Fsp3) is 0.467. The van der Waals surface area contributed by atoms with Crippen molar-refractivity contribution in [3.63, 3.8) is 0 Å². The zero-order valence-electron chi connectivity index (χ0n) is 12.7. The summed E-state index contributed by atoms with van der Waals surface area (Å²) in [5.74, 6) is -1.65. The van der Waals surface area contributed by atoms with Gasteiger partial charge in [-0.2, -0.15) is 0 Å². The summed E-state index contributed by atoms with van der Waals surface area (Å²) in [5.41, 5.74) is 0.272. The standard InChI is InChI=1S/C15H20FNO5/c1-3-21-14(19)9-17(10-15(20)22-4-2)8-11-7-12(16)5-6-13(11)18/h5-7,18H,3-4,8-10H2,1-2H3. The molecule has 1 aromatic rings. The van der Waals surface area contributed by atoms with Crippen LogP contribution in [0.4, 0.5) is 4.39 Å². The number of hydrogen-bond donors (Lipinski definition) is 1. The van der Waals surface area contributed by atoms with Gasteiger partial charge in [-0.15, -0.1) is 0 Å². The number of ether oxygens (including phenoxy) is 2. The van der Waals surface area contributed by atoms with Crippen LogP contribution in [0.1, 0.15) is 19.4 Å². The molecule has 0 spiro atoms. The summed E-state index contributed by atoms with van der Waals surface area (Å²) in [7, 11) is 0. The molecular formula is C15H20FNO5. The van der Waals surface area contributed by atoms with E-state index in [9.17, 15) is 19.1 Å². The smallest absolute Gasteiger partial charge is 0.320 e. The number of phenols is 1. The van der Waals surface area contributed by atoms with Crippen molar-refractivity contribution in [3.05, 3.63) is 29.6 Å². The first-order valence-electron chi connectivity index (χ1n) is 6.97. The molecule has 0 unspecified atom stereocenters. The molecule has 0 amide bonds.